The summed E-state index contributed by atoms with van der Waals surface area (Å²) in [6.45, 7) is 4.88. The number of rotatable bonds is 0. The van der Waals surface area contributed by atoms with Crippen LogP contribution in [0.2, 0.25) is 0 Å². The minimum Gasteiger partial charge on any atom is -0.0620 e. The van der Waals surface area contributed by atoms with E-state index in [-0.39, 0.29) is 0 Å². The van der Waals surface area contributed by atoms with E-state index >= 15 is 0 Å². The molecule has 4 atom stereocenters. The van der Waals surface area contributed by atoms with Crippen LogP contribution in [0.15, 0.2) is 0 Å². The fourth-order valence-electron chi connectivity index (χ4n) is 2.87. The highest BCUT2D eigenvalue weighted by Crippen LogP contribution is 2.51. The molecular formula is C9H16. The van der Waals surface area contributed by atoms with Gasteiger partial charge in [-0.15, -0.1) is 0 Å². The normalized spacial score (nSPS) is 56.7. The van der Waals surface area contributed by atoms with E-state index in [0.717, 1.165) is 23.7 Å². The molecule has 0 saturated heterocycles. The summed E-state index contributed by atoms with van der Waals surface area (Å²) < 4.78 is 0. The molecule has 2 bridgehead atoms. The van der Waals surface area contributed by atoms with E-state index in [1.54, 1.807) is 6.42 Å². The summed E-state index contributed by atoms with van der Waals surface area (Å²) in [6.07, 6.45) is 4.63. The van der Waals surface area contributed by atoms with E-state index in [4.69, 9.17) is 0 Å². The first kappa shape index (κ1) is 5.76. The van der Waals surface area contributed by atoms with Gasteiger partial charge in [-0.1, -0.05) is 13.8 Å². The van der Waals surface area contributed by atoms with Crippen molar-refractivity contribution >= 4 is 0 Å². The lowest BCUT2D eigenvalue weighted by molar-refractivity contribution is 0.259. The number of hydrogen-bond acceptors (Lipinski definition) is 0. The second kappa shape index (κ2) is 1.74. The van der Waals surface area contributed by atoms with Gasteiger partial charge >= 0.3 is 0 Å². The minimum absolute atomic E-state index is 1.05. The van der Waals surface area contributed by atoms with Crippen molar-refractivity contribution in [1.82, 2.24) is 0 Å². The molecule has 2 saturated carbocycles. The highest BCUT2D eigenvalue weighted by molar-refractivity contribution is 4.92. The van der Waals surface area contributed by atoms with Crippen molar-refractivity contribution in [1.29, 1.82) is 0 Å². The lowest BCUT2D eigenvalue weighted by atomic mass is 9.82. The van der Waals surface area contributed by atoms with E-state index < -0.39 is 0 Å². The summed E-state index contributed by atoms with van der Waals surface area (Å²) in [5.74, 6) is 4.32. The number of hydrogen-bond donors (Lipinski definition) is 0. The fraction of sp³-hybridized carbons (Fsp3) is 1.00. The Hall–Kier alpha value is 0. The molecule has 2 rings (SSSR count). The molecule has 0 aliphatic heterocycles. The third-order valence-electron chi connectivity index (χ3n) is 3.83. The van der Waals surface area contributed by atoms with Crippen molar-refractivity contribution in [3.05, 3.63) is 0 Å². The summed E-state index contributed by atoms with van der Waals surface area (Å²) in [5.41, 5.74) is 0. The molecule has 0 heterocycles. The van der Waals surface area contributed by atoms with Crippen molar-refractivity contribution in [2.45, 2.75) is 33.1 Å². The summed E-state index contributed by atoms with van der Waals surface area (Å²) in [7, 11) is 0. The Morgan fingerprint density at radius 1 is 0.889 bits per heavy atom. The van der Waals surface area contributed by atoms with Gasteiger partial charge in [0.05, 0.1) is 0 Å². The van der Waals surface area contributed by atoms with Crippen LogP contribution in [0.25, 0.3) is 0 Å². The molecule has 52 valence electrons. The Balaban J connectivity index is 2.15. The molecule has 0 amide bonds. The lowest BCUT2D eigenvalue weighted by Gasteiger charge is -2.24. The standard InChI is InChI=1S/C9H16/c1-6-7(2)9-4-3-8(6)5-9/h6-9H,3-5H2,1-2H3/t6-,7?,8?,9?/m0/s1. The topological polar surface area (TPSA) is 0 Å². The SMILES string of the molecule is CC1C2CCC(C2)[C@H]1C. The molecule has 0 aromatic rings. The van der Waals surface area contributed by atoms with E-state index in [1.807, 2.05) is 0 Å². The van der Waals surface area contributed by atoms with Gasteiger partial charge in [0.25, 0.3) is 0 Å². The maximum absolute atomic E-state index is 2.44. The third-order valence-corrected chi connectivity index (χ3v) is 3.83. The van der Waals surface area contributed by atoms with E-state index in [2.05, 4.69) is 13.8 Å². The Bertz CT molecular complexity index is 99.2. The highest BCUT2D eigenvalue weighted by atomic mass is 14.5. The second-order valence-electron chi connectivity index (χ2n) is 4.05. The Morgan fingerprint density at radius 3 is 1.56 bits per heavy atom. The van der Waals surface area contributed by atoms with Crippen LogP contribution < -0.4 is 0 Å². The summed E-state index contributed by atoms with van der Waals surface area (Å²) in [5, 5.41) is 0. The Kier molecular flexibility index (Phi) is 1.12. The first-order valence-corrected chi connectivity index (χ1v) is 4.29. The van der Waals surface area contributed by atoms with Crippen LogP contribution in [0.5, 0.6) is 0 Å². The third kappa shape index (κ3) is 0.653. The Morgan fingerprint density at radius 2 is 1.33 bits per heavy atom. The maximum Gasteiger partial charge on any atom is -0.0383 e. The molecule has 0 radical (unpaired) electrons. The molecule has 2 fully saturated rings. The number of fused-ring (bicyclic) bond motifs is 2. The van der Waals surface area contributed by atoms with Crippen LogP contribution in [-0.4, -0.2) is 0 Å². The fourth-order valence-corrected chi connectivity index (χ4v) is 2.87. The quantitative estimate of drug-likeness (QED) is 0.465. The van der Waals surface area contributed by atoms with Gasteiger partial charge in [0.2, 0.25) is 0 Å². The highest BCUT2D eigenvalue weighted by Gasteiger charge is 2.42. The van der Waals surface area contributed by atoms with Crippen LogP contribution in [0, 0.1) is 23.7 Å². The van der Waals surface area contributed by atoms with Gasteiger partial charge < -0.3 is 0 Å². The van der Waals surface area contributed by atoms with Crippen LogP contribution in [0.4, 0.5) is 0 Å². The van der Waals surface area contributed by atoms with Gasteiger partial charge in [0, 0.05) is 0 Å². The van der Waals surface area contributed by atoms with Crippen molar-refractivity contribution in [2.24, 2.45) is 23.7 Å². The van der Waals surface area contributed by atoms with Crippen molar-refractivity contribution in [3.8, 4) is 0 Å². The second-order valence-corrected chi connectivity index (χ2v) is 4.05. The zero-order chi connectivity index (χ0) is 6.43. The maximum atomic E-state index is 2.44. The first-order valence-electron chi connectivity index (χ1n) is 4.29. The van der Waals surface area contributed by atoms with Gasteiger partial charge in [0.1, 0.15) is 0 Å². The molecule has 9 heavy (non-hydrogen) atoms. The summed E-state index contributed by atoms with van der Waals surface area (Å²) >= 11 is 0. The summed E-state index contributed by atoms with van der Waals surface area (Å²) in [4.78, 5) is 0. The molecule has 0 nitrogen and oxygen atoms in total. The van der Waals surface area contributed by atoms with Crippen molar-refractivity contribution in [3.63, 3.8) is 0 Å². The monoisotopic (exact) mass is 124 g/mol. The molecule has 2 aliphatic carbocycles. The van der Waals surface area contributed by atoms with Gasteiger partial charge in [-0.25, -0.2) is 0 Å². The lowest BCUT2D eigenvalue weighted by Crippen LogP contribution is -2.15. The predicted octanol–water partition coefficient (Wildman–Crippen LogP) is 2.69. The van der Waals surface area contributed by atoms with E-state index in [0.29, 0.717) is 0 Å². The van der Waals surface area contributed by atoms with Crippen LogP contribution in [-0.2, 0) is 0 Å². The molecule has 2 aliphatic rings. The summed E-state index contributed by atoms with van der Waals surface area (Å²) in [6, 6.07) is 0. The average molecular weight is 124 g/mol. The first-order chi connectivity index (χ1) is 4.29. The van der Waals surface area contributed by atoms with E-state index in [9.17, 15) is 0 Å². The van der Waals surface area contributed by atoms with Gasteiger partial charge in [-0.2, -0.15) is 0 Å². The van der Waals surface area contributed by atoms with Crippen LogP contribution in [0.3, 0.4) is 0 Å². The zero-order valence-electron chi connectivity index (χ0n) is 6.43. The molecule has 3 unspecified atom stereocenters. The average Bonchev–Trinajstić information content (AvgIpc) is 2.37. The van der Waals surface area contributed by atoms with Gasteiger partial charge in [-0.05, 0) is 42.9 Å². The molecule has 0 heteroatoms. The van der Waals surface area contributed by atoms with Gasteiger partial charge in [-0.3, -0.25) is 0 Å². The van der Waals surface area contributed by atoms with Crippen LogP contribution in [0.1, 0.15) is 33.1 Å². The zero-order valence-corrected chi connectivity index (χ0v) is 6.43. The predicted molar refractivity (Wildman–Crippen MR) is 39.2 cm³/mol. The molecule has 0 aromatic carbocycles. The largest absolute Gasteiger partial charge is 0.0620 e. The van der Waals surface area contributed by atoms with Crippen molar-refractivity contribution < 1.29 is 0 Å². The Labute approximate surface area is 57.6 Å². The minimum atomic E-state index is 1.05. The smallest absolute Gasteiger partial charge is 0.0383 e. The van der Waals surface area contributed by atoms with Crippen LogP contribution >= 0.6 is 0 Å². The molecular weight excluding hydrogens is 108 g/mol. The molecule has 0 aromatic heterocycles. The van der Waals surface area contributed by atoms with E-state index in [1.165, 1.54) is 12.8 Å². The molecule has 0 N–H and O–H groups in total. The van der Waals surface area contributed by atoms with Crippen molar-refractivity contribution in [2.75, 3.05) is 0 Å². The van der Waals surface area contributed by atoms with Gasteiger partial charge in [0.15, 0.2) is 0 Å². The molecule has 0 spiro atoms.